The molecule has 2 rings (SSSR count). The molecule has 0 saturated carbocycles. The van der Waals surface area contributed by atoms with Crippen molar-refractivity contribution in [2.45, 2.75) is 13.3 Å². The third-order valence-electron chi connectivity index (χ3n) is 2.71. The zero-order chi connectivity index (χ0) is 17.9. The van der Waals surface area contributed by atoms with Crippen LogP contribution >= 0.6 is 12.8 Å². The smallest absolute Gasteiger partial charge is 0.202 e. The fourth-order valence-corrected chi connectivity index (χ4v) is 1.66. The lowest BCUT2D eigenvalue weighted by atomic mass is 10.2. The van der Waals surface area contributed by atoms with Gasteiger partial charge in [0.2, 0.25) is 5.82 Å². The Bertz CT molecular complexity index is 728. The van der Waals surface area contributed by atoms with E-state index in [0.29, 0.717) is 18.1 Å². The van der Waals surface area contributed by atoms with Crippen molar-refractivity contribution in [3.05, 3.63) is 35.3 Å². The molecule has 0 unspecified atom stereocenters. The van der Waals surface area contributed by atoms with E-state index >= 15 is 0 Å². The molecule has 1 aromatic carbocycles. The monoisotopic (exact) mass is 352 g/mol. The molecule has 128 valence electrons. The maximum absolute atomic E-state index is 13.4. The fraction of sp³-hybridized carbons (Fsp3) is 0.214. The van der Waals surface area contributed by atoms with Crippen LogP contribution < -0.4 is 15.9 Å². The summed E-state index contributed by atoms with van der Waals surface area (Å²) in [5, 5.41) is 23.8. The van der Waals surface area contributed by atoms with Crippen molar-refractivity contribution in [3.8, 4) is 12.3 Å². The quantitative estimate of drug-likeness (QED) is 0.183. The number of anilines is 1. The van der Waals surface area contributed by atoms with Gasteiger partial charge in [0.1, 0.15) is 5.82 Å². The SMILES string of the molecule is C#Cc1cc(N=C(NO)c2nonc2NCCC)ccc1F.NS. The number of nitrogens with zero attached hydrogens (tertiary/aromatic N) is 3. The number of nitrogens with one attached hydrogen (secondary N) is 2. The van der Waals surface area contributed by atoms with Crippen LogP contribution in [0.3, 0.4) is 0 Å². The molecule has 0 aliphatic heterocycles. The van der Waals surface area contributed by atoms with Gasteiger partial charge in [-0.25, -0.2) is 14.0 Å². The zero-order valence-electron chi connectivity index (χ0n) is 12.8. The lowest BCUT2D eigenvalue weighted by Gasteiger charge is -2.05. The van der Waals surface area contributed by atoms with Gasteiger partial charge in [-0.15, -0.1) is 19.2 Å². The van der Waals surface area contributed by atoms with Crippen molar-refractivity contribution in [1.82, 2.24) is 15.8 Å². The number of hydroxylamine groups is 1. The normalized spacial score (nSPS) is 10.4. The minimum absolute atomic E-state index is 0.00515. The molecule has 0 bridgehead atoms. The predicted molar refractivity (Wildman–Crippen MR) is 91.7 cm³/mol. The Balaban J connectivity index is 0.00000139. The Labute approximate surface area is 143 Å². The highest BCUT2D eigenvalue weighted by Crippen LogP contribution is 2.19. The summed E-state index contributed by atoms with van der Waals surface area (Å²) in [7, 11) is 0. The maximum Gasteiger partial charge on any atom is 0.202 e. The second kappa shape index (κ2) is 10.2. The van der Waals surface area contributed by atoms with Gasteiger partial charge < -0.3 is 5.32 Å². The van der Waals surface area contributed by atoms with Crippen molar-refractivity contribution in [2.24, 2.45) is 10.1 Å². The van der Waals surface area contributed by atoms with Crippen LogP contribution in [0, 0.1) is 18.2 Å². The van der Waals surface area contributed by atoms with Crippen molar-refractivity contribution < 1.29 is 14.2 Å². The first kappa shape index (κ1) is 19.4. The highest BCUT2D eigenvalue weighted by molar-refractivity contribution is 7.77. The summed E-state index contributed by atoms with van der Waals surface area (Å²) < 4.78 is 18.0. The van der Waals surface area contributed by atoms with Gasteiger partial charge in [0.05, 0.1) is 11.3 Å². The van der Waals surface area contributed by atoms with E-state index < -0.39 is 5.82 Å². The van der Waals surface area contributed by atoms with Crippen LogP contribution in [0.25, 0.3) is 0 Å². The molecule has 1 heterocycles. The van der Waals surface area contributed by atoms with Crippen molar-refractivity contribution >= 4 is 30.2 Å². The average molecular weight is 352 g/mol. The first-order chi connectivity index (χ1) is 11.7. The van der Waals surface area contributed by atoms with Gasteiger partial charge in [-0.05, 0) is 34.9 Å². The molecular formula is C14H17FN6O2S. The Morgan fingerprint density at radius 2 is 2.25 bits per heavy atom. The Kier molecular flexibility index (Phi) is 8.28. The maximum atomic E-state index is 13.4. The lowest BCUT2D eigenvalue weighted by Crippen LogP contribution is -2.22. The van der Waals surface area contributed by atoms with E-state index in [1.54, 1.807) is 0 Å². The van der Waals surface area contributed by atoms with E-state index in [9.17, 15) is 9.60 Å². The molecular weight excluding hydrogens is 335 g/mol. The molecule has 10 heteroatoms. The van der Waals surface area contributed by atoms with E-state index in [1.807, 2.05) is 12.4 Å². The molecule has 0 aliphatic rings. The topological polar surface area (TPSA) is 122 Å². The molecule has 0 saturated heterocycles. The third-order valence-corrected chi connectivity index (χ3v) is 2.71. The van der Waals surface area contributed by atoms with E-state index in [-0.39, 0.29) is 17.1 Å². The number of rotatable bonds is 5. The highest BCUT2D eigenvalue weighted by Gasteiger charge is 2.16. The molecule has 5 N–H and O–H groups in total. The molecule has 0 amide bonds. The molecule has 0 fully saturated rings. The van der Waals surface area contributed by atoms with E-state index in [4.69, 9.17) is 6.42 Å². The number of terminal acetylenes is 1. The van der Waals surface area contributed by atoms with Crippen LogP contribution in [0.2, 0.25) is 0 Å². The number of aromatic nitrogens is 2. The number of thiol groups is 1. The number of halogens is 1. The largest absolute Gasteiger partial charge is 0.365 e. The van der Waals surface area contributed by atoms with E-state index in [2.05, 4.69) is 49.1 Å². The second-order valence-corrected chi connectivity index (χ2v) is 4.27. The third kappa shape index (κ3) is 4.95. The van der Waals surface area contributed by atoms with E-state index in [0.717, 1.165) is 6.42 Å². The minimum Gasteiger partial charge on any atom is -0.365 e. The van der Waals surface area contributed by atoms with Gasteiger partial charge in [0.15, 0.2) is 11.5 Å². The second-order valence-electron chi connectivity index (χ2n) is 4.27. The summed E-state index contributed by atoms with van der Waals surface area (Å²) in [4.78, 5) is 4.13. The highest BCUT2D eigenvalue weighted by atomic mass is 32.1. The molecule has 2 aromatic rings. The number of hydrogen-bond acceptors (Lipinski definition) is 8. The van der Waals surface area contributed by atoms with Crippen LogP contribution in [0.15, 0.2) is 27.8 Å². The minimum atomic E-state index is -0.520. The van der Waals surface area contributed by atoms with Gasteiger partial charge in [-0.2, -0.15) is 0 Å². The first-order valence-electron chi connectivity index (χ1n) is 6.77. The van der Waals surface area contributed by atoms with Gasteiger partial charge in [-0.1, -0.05) is 12.8 Å². The molecule has 0 aliphatic carbocycles. The van der Waals surface area contributed by atoms with E-state index in [1.165, 1.54) is 18.2 Å². The first-order valence-corrected chi connectivity index (χ1v) is 7.28. The number of amidine groups is 1. The fourth-order valence-electron chi connectivity index (χ4n) is 1.66. The Morgan fingerprint density at radius 1 is 1.50 bits per heavy atom. The van der Waals surface area contributed by atoms with Crippen LogP contribution in [0.1, 0.15) is 24.6 Å². The lowest BCUT2D eigenvalue weighted by molar-refractivity contribution is 0.234. The Morgan fingerprint density at radius 3 is 2.88 bits per heavy atom. The standard InChI is InChI=1S/C14H14FN5O2.H3NS/c1-3-7-16-13-12(19-22-20-13)14(18-21)17-10-5-6-11(15)9(4-2)8-10;1-2/h2,5-6,8,21H,3,7H2,1H3,(H,16,20)(H,17,18);2H,1H2. The molecule has 24 heavy (non-hydrogen) atoms. The zero-order valence-corrected chi connectivity index (χ0v) is 13.7. The van der Waals surface area contributed by atoms with Gasteiger partial charge in [0, 0.05) is 6.54 Å². The summed E-state index contributed by atoms with van der Waals surface area (Å²) in [6, 6.07) is 3.99. The predicted octanol–water partition coefficient (Wildman–Crippen LogP) is 1.86. The average Bonchev–Trinajstić information content (AvgIpc) is 3.09. The van der Waals surface area contributed by atoms with Crippen LogP contribution in [-0.2, 0) is 0 Å². The molecule has 0 atom stereocenters. The van der Waals surface area contributed by atoms with Crippen LogP contribution in [0.4, 0.5) is 15.9 Å². The molecule has 1 aromatic heterocycles. The molecule has 0 spiro atoms. The summed E-state index contributed by atoms with van der Waals surface area (Å²) >= 11 is 3.03. The molecule has 8 nitrogen and oxygen atoms in total. The molecule has 0 radical (unpaired) electrons. The van der Waals surface area contributed by atoms with Crippen molar-refractivity contribution in [3.63, 3.8) is 0 Å². The summed E-state index contributed by atoms with van der Waals surface area (Å²) in [6.07, 6.45) is 6.08. The van der Waals surface area contributed by atoms with Crippen molar-refractivity contribution in [1.29, 1.82) is 0 Å². The summed E-state index contributed by atoms with van der Waals surface area (Å²) in [6.45, 7) is 2.64. The number of aliphatic imine (C=N–C) groups is 1. The van der Waals surface area contributed by atoms with Crippen molar-refractivity contribution in [2.75, 3.05) is 11.9 Å². The number of nitrogens with two attached hydrogens (primary N) is 1. The van der Waals surface area contributed by atoms with Gasteiger partial charge in [-0.3, -0.25) is 15.8 Å². The summed E-state index contributed by atoms with van der Waals surface area (Å²) in [5.41, 5.74) is 2.53. The van der Waals surface area contributed by atoms with Gasteiger partial charge >= 0.3 is 0 Å². The van der Waals surface area contributed by atoms with Crippen LogP contribution in [-0.4, -0.2) is 27.9 Å². The summed E-state index contributed by atoms with van der Waals surface area (Å²) in [5.74, 6) is 2.02. The Hall–Kier alpha value is -2.61. The number of hydrogen-bond donors (Lipinski definition) is 5. The number of benzene rings is 1. The van der Waals surface area contributed by atoms with Crippen LogP contribution in [0.5, 0.6) is 0 Å². The van der Waals surface area contributed by atoms with Gasteiger partial charge in [0.25, 0.3) is 0 Å².